The van der Waals surface area contributed by atoms with Gasteiger partial charge in [0.1, 0.15) is 12.4 Å². The molecule has 0 spiro atoms. The number of nitrogens with zero attached hydrogens (tertiary/aromatic N) is 1. The van der Waals surface area contributed by atoms with Crippen LogP contribution in [0.4, 0.5) is 4.39 Å². The highest BCUT2D eigenvalue weighted by molar-refractivity contribution is 5.38. The van der Waals surface area contributed by atoms with Crippen molar-refractivity contribution in [2.24, 2.45) is 5.92 Å². The molecule has 1 fully saturated rings. The average molecular weight is 291 g/mol. The fourth-order valence-electron chi connectivity index (χ4n) is 2.71. The topological polar surface area (TPSA) is 32.7 Å². The number of aliphatic hydroxyl groups excluding tert-OH is 1. The highest BCUT2D eigenvalue weighted by Gasteiger charge is 2.25. The second kappa shape index (κ2) is 7.56. The minimum atomic E-state index is -0.346. The molecule has 1 heterocycles. The molecule has 0 saturated carbocycles. The number of hydrogen-bond donors (Lipinski definition) is 1. The molecular formula is C17H22FNO2. The Morgan fingerprint density at radius 3 is 3.00 bits per heavy atom. The van der Waals surface area contributed by atoms with Gasteiger partial charge in [0.2, 0.25) is 0 Å². The quantitative estimate of drug-likeness (QED) is 0.865. The summed E-state index contributed by atoms with van der Waals surface area (Å²) in [5.41, 5.74) is 1.37. The number of halogens is 1. The summed E-state index contributed by atoms with van der Waals surface area (Å²) in [5, 5.41) is 8.71. The summed E-state index contributed by atoms with van der Waals surface area (Å²) < 4.78 is 19.1. The number of piperidine rings is 1. The van der Waals surface area contributed by atoms with Crippen molar-refractivity contribution in [2.75, 3.05) is 26.8 Å². The van der Waals surface area contributed by atoms with Gasteiger partial charge in [-0.25, -0.2) is 4.39 Å². The van der Waals surface area contributed by atoms with E-state index in [0.717, 1.165) is 31.6 Å². The molecule has 2 atom stereocenters. The summed E-state index contributed by atoms with van der Waals surface area (Å²) in [6.07, 6.45) is 1.37. The molecule has 1 aliphatic heterocycles. The van der Waals surface area contributed by atoms with Crippen molar-refractivity contribution in [3.8, 4) is 11.8 Å². The molecule has 1 aromatic carbocycles. The molecule has 114 valence electrons. The van der Waals surface area contributed by atoms with E-state index in [-0.39, 0.29) is 18.5 Å². The first-order chi connectivity index (χ1) is 10.1. The Bertz CT molecular complexity index is 535. The summed E-state index contributed by atoms with van der Waals surface area (Å²) in [6, 6.07) is 4.99. The molecule has 0 amide bonds. The van der Waals surface area contributed by atoms with Crippen molar-refractivity contribution < 1.29 is 14.2 Å². The third kappa shape index (κ3) is 4.28. The van der Waals surface area contributed by atoms with Gasteiger partial charge >= 0.3 is 0 Å². The van der Waals surface area contributed by atoms with Gasteiger partial charge in [0.05, 0.1) is 11.7 Å². The zero-order valence-electron chi connectivity index (χ0n) is 12.6. The van der Waals surface area contributed by atoms with E-state index in [2.05, 4.69) is 23.7 Å². The smallest absolute Gasteiger partial charge is 0.138 e. The molecule has 4 heteroatoms. The highest BCUT2D eigenvalue weighted by Crippen LogP contribution is 2.21. The summed E-state index contributed by atoms with van der Waals surface area (Å²) in [7, 11) is 1.76. The minimum absolute atomic E-state index is 0.257. The summed E-state index contributed by atoms with van der Waals surface area (Å²) in [4.78, 5) is 2.32. The lowest BCUT2D eigenvalue weighted by molar-refractivity contribution is -0.00745. The maximum Gasteiger partial charge on any atom is 0.138 e. The van der Waals surface area contributed by atoms with Crippen LogP contribution in [0, 0.1) is 23.6 Å². The maximum absolute atomic E-state index is 13.6. The number of methoxy groups -OCH3 is 1. The largest absolute Gasteiger partial charge is 0.384 e. The van der Waals surface area contributed by atoms with Crippen LogP contribution in [0.15, 0.2) is 18.2 Å². The first-order valence-electron chi connectivity index (χ1n) is 7.27. The van der Waals surface area contributed by atoms with Gasteiger partial charge < -0.3 is 9.84 Å². The molecule has 1 N–H and O–H groups in total. The molecule has 1 saturated heterocycles. The molecule has 0 radical (unpaired) electrons. The Balaban J connectivity index is 2.06. The van der Waals surface area contributed by atoms with Gasteiger partial charge in [-0.15, -0.1) is 0 Å². The van der Waals surface area contributed by atoms with E-state index in [4.69, 9.17) is 9.84 Å². The predicted octanol–water partition coefficient (Wildman–Crippen LogP) is 2.03. The fourth-order valence-corrected chi connectivity index (χ4v) is 2.71. The third-order valence-corrected chi connectivity index (χ3v) is 4.02. The molecule has 2 rings (SSSR count). The number of aliphatic hydroxyl groups is 1. The van der Waals surface area contributed by atoms with Crippen LogP contribution in [0.25, 0.3) is 0 Å². The van der Waals surface area contributed by atoms with Crippen molar-refractivity contribution in [3.63, 3.8) is 0 Å². The van der Waals surface area contributed by atoms with Crippen LogP contribution in [-0.4, -0.2) is 42.9 Å². The fraction of sp³-hybridized carbons (Fsp3) is 0.529. The van der Waals surface area contributed by atoms with Gasteiger partial charge in [0.15, 0.2) is 0 Å². The molecule has 0 bridgehead atoms. The van der Waals surface area contributed by atoms with Crippen LogP contribution in [0.2, 0.25) is 0 Å². The summed E-state index contributed by atoms with van der Waals surface area (Å²) in [5.74, 6) is 5.37. The van der Waals surface area contributed by atoms with Gasteiger partial charge in [-0.05, 0) is 36.6 Å². The summed E-state index contributed by atoms with van der Waals surface area (Å²) >= 11 is 0. The van der Waals surface area contributed by atoms with E-state index in [1.54, 1.807) is 19.2 Å². The van der Waals surface area contributed by atoms with Gasteiger partial charge in [0, 0.05) is 20.2 Å². The number of benzene rings is 1. The van der Waals surface area contributed by atoms with Gasteiger partial charge in [-0.2, -0.15) is 0 Å². The molecule has 0 aliphatic carbocycles. The predicted molar refractivity (Wildman–Crippen MR) is 80.2 cm³/mol. The van der Waals surface area contributed by atoms with Crippen LogP contribution in [0.5, 0.6) is 0 Å². The third-order valence-electron chi connectivity index (χ3n) is 4.02. The van der Waals surface area contributed by atoms with Gasteiger partial charge in [-0.1, -0.05) is 24.8 Å². The van der Waals surface area contributed by atoms with Crippen LogP contribution in [0.1, 0.15) is 24.5 Å². The van der Waals surface area contributed by atoms with Gasteiger partial charge in [-0.3, -0.25) is 4.90 Å². The first kappa shape index (κ1) is 16.0. The van der Waals surface area contributed by atoms with Crippen LogP contribution < -0.4 is 0 Å². The van der Waals surface area contributed by atoms with Gasteiger partial charge in [0.25, 0.3) is 0 Å². The number of ether oxygens (including phenoxy) is 1. The van der Waals surface area contributed by atoms with Crippen LogP contribution in [-0.2, 0) is 11.3 Å². The Labute approximate surface area is 125 Å². The highest BCUT2D eigenvalue weighted by atomic mass is 19.1. The van der Waals surface area contributed by atoms with E-state index in [1.165, 1.54) is 6.07 Å². The van der Waals surface area contributed by atoms with Crippen molar-refractivity contribution >= 4 is 0 Å². The van der Waals surface area contributed by atoms with Crippen molar-refractivity contribution in [1.29, 1.82) is 0 Å². The Morgan fingerprint density at radius 2 is 2.29 bits per heavy atom. The molecule has 3 nitrogen and oxygen atoms in total. The normalized spacial score (nSPS) is 22.7. The standard InChI is InChI=1S/C17H22FNO2/c1-13-7-8-19(12-17(13)21-2)11-14-5-6-16(18)15(10-14)4-3-9-20/h5-6,10,13,17,20H,7-9,11-12H2,1-2H3. The molecular weight excluding hydrogens is 269 g/mol. The lowest BCUT2D eigenvalue weighted by Crippen LogP contribution is -2.43. The second-order valence-corrected chi connectivity index (χ2v) is 5.55. The van der Waals surface area contributed by atoms with E-state index in [9.17, 15) is 4.39 Å². The number of rotatable bonds is 3. The summed E-state index contributed by atoms with van der Waals surface area (Å²) in [6.45, 7) is 4.64. The Morgan fingerprint density at radius 1 is 1.48 bits per heavy atom. The van der Waals surface area contributed by atoms with E-state index in [1.807, 2.05) is 0 Å². The number of hydrogen-bond acceptors (Lipinski definition) is 3. The number of likely N-dealkylation sites (tertiary alicyclic amines) is 1. The molecule has 1 aromatic rings. The van der Waals surface area contributed by atoms with Crippen LogP contribution in [0.3, 0.4) is 0 Å². The van der Waals surface area contributed by atoms with Crippen molar-refractivity contribution in [1.82, 2.24) is 4.90 Å². The van der Waals surface area contributed by atoms with Crippen molar-refractivity contribution in [2.45, 2.75) is 26.0 Å². The maximum atomic E-state index is 13.6. The lowest BCUT2D eigenvalue weighted by Gasteiger charge is -2.36. The van der Waals surface area contributed by atoms with Crippen molar-refractivity contribution in [3.05, 3.63) is 35.1 Å². The first-order valence-corrected chi connectivity index (χ1v) is 7.27. The minimum Gasteiger partial charge on any atom is -0.384 e. The van der Waals surface area contributed by atoms with E-state index >= 15 is 0 Å². The Kier molecular flexibility index (Phi) is 5.75. The molecule has 21 heavy (non-hydrogen) atoms. The zero-order chi connectivity index (χ0) is 15.2. The SMILES string of the molecule is COC1CN(Cc2ccc(F)c(C#CCO)c2)CCC1C. The zero-order valence-corrected chi connectivity index (χ0v) is 12.6. The van der Waals surface area contributed by atoms with Crippen LogP contribution >= 0.6 is 0 Å². The lowest BCUT2D eigenvalue weighted by atomic mass is 9.95. The van der Waals surface area contributed by atoms with E-state index in [0.29, 0.717) is 11.5 Å². The molecule has 1 aliphatic rings. The van der Waals surface area contributed by atoms with E-state index < -0.39 is 0 Å². The monoisotopic (exact) mass is 291 g/mol. The molecule has 0 aromatic heterocycles. The second-order valence-electron chi connectivity index (χ2n) is 5.55. The average Bonchev–Trinajstić information content (AvgIpc) is 2.49. The Hall–Kier alpha value is -1.41. The molecule has 2 unspecified atom stereocenters.